The van der Waals surface area contributed by atoms with Gasteiger partial charge in [0.1, 0.15) is 0 Å². The number of hydrogen-bond donors (Lipinski definition) is 1. The minimum absolute atomic E-state index is 0.0449. The molecule has 0 spiro atoms. The molecule has 0 radical (unpaired) electrons. The van der Waals surface area contributed by atoms with Crippen molar-refractivity contribution in [3.05, 3.63) is 0 Å². The van der Waals surface area contributed by atoms with Crippen LogP contribution in [0, 0.1) is 5.41 Å². The molecule has 76 valence electrons. The molecule has 1 N–H and O–H groups in total. The van der Waals surface area contributed by atoms with Crippen LogP contribution in [0.3, 0.4) is 0 Å². The van der Waals surface area contributed by atoms with Crippen molar-refractivity contribution < 1.29 is 17.9 Å². The Morgan fingerprint density at radius 2 is 2.00 bits per heavy atom. The molecule has 0 aromatic carbocycles. The van der Waals surface area contributed by atoms with Crippen LogP contribution in [0.15, 0.2) is 0 Å². The Hall–Kier alpha value is -0.0000000000000000208. The van der Waals surface area contributed by atoms with Crippen molar-refractivity contribution in [3.63, 3.8) is 0 Å². The summed E-state index contributed by atoms with van der Waals surface area (Å²) in [5.74, 6) is 0. The third kappa shape index (κ3) is 1.17. The van der Waals surface area contributed by atoms with Crippen LogP contribution in [0.4, 0.5) is 13.2 Å². The third-order valence-corrected chi connectivity index (χ3v) is 3.07. The lowest BCUT2D eigenvalue weighted by Gasteiger charge is -2.44. The standard InChI is InChI=1S/C7H9ClF3NO/c8-12-3-5-1-6(2-5,13-4-5)7(9,10)11/h12H,1-4H2. The van der Waals surface area contributed by atoms with Gasteiger partial charge >= 0.3 is 6.18 Å². The van der Waals surface area contributed by atoms with Gasteiger partial charge in [-0.15, -0.1) is 0 Å². The Kier molecular flexibility index (Phi) is 1.85. The largest absolute Gasteiger partial charge is 0.417 e. The molecule has 2 aliphatic heterocycles. The molecular weight excluding hydrogens is 207 g/mol. The van der Waals surface area contributed by atoms with Gasteiger partial charge in [0.2, 0.25) is 0 Å². The molecule has 0 atom stereocenters. The fourth-order valence-electron chi connectivity index (χ4n) is 2.26. The van der Waals surface area contributed by atoms with E-state index in [4.69, 9.17) is 16.5 Å². The second-order valence-corrected chi connectivity index (χ2v) is 4.21. The van der Waals surface area contributed by atoms with E-state index in [-0.39, 0.29) is 24.9 Å². The molecule has 0 aromatic heterocycles. The lowest BCUT2D eigenvalue weighted by Crippen LogP contribution is -2.56. The first-order valence-corrected chi connectivity index (χ1v) is 4.35. The van der Waals surface area contributed by atoms with E-state index in [9.17, 15) is 13.2 Å². The van der Waals surface area contributed by atoms with Crippen molar-refractivity contribution in [2.24, 2.45) is 5.41 Å². The van der Waals surface area contributed by atoms with Gasteiger partial charge in [-0.05, 0) is 24.6 Å². The zero-order valence-corrected chi connectivity index (χ0v) is 7.50. The fraction of sp³-hybridized carbons (Fsp3) is 1.00. The second kappa shape index (κ2) is 2.52. The van der Waals surface area contributed by atoms with Crippen LogP contribution in [0.25, 0.3) is 0 Å². The van der Waals surface area contributed by atoms with Crippen LogP contribution >= 0.6 is 11.8 Å². The quantitative estimate of drug-likeness (QED) is 0.710. The maximum absolute atomic E-state index is 12.4. The SMILES string of the molecule is FC(F)(F)C12CC(CNCl)(CO1)C2. The average molecular weight is 216 g/mol. The van der Waals surface area contributed by atoms with Gasteiger partial charge in [0.15, 0.2) is 5.60 Å². The van der Waals surface area contributed by atoms with E-state index < -0.39 is 11.8 Å². The number of fused-ring (bicyclic) bond motifs is 1. The number of halogens is 4. The predicted octanol–water partition coefficient (Wildman–Crippen LogP) is 1.84. The highest BCUT2D eigenvalue weighted by atomic mass is 35.5. The van der Waals surface area contributed by atoms with Crippen LogP contribution < -0.4 is 4.84 Å². The summed E-state index contributed by atoms with van der Waals surface area (Å²) >= 11 is 5.27. The molecule has 0 amide bonds. The third-order valence-electron chi connectivity index (χ3n) is 2.93. The lowest BCUT2D eigenvalue weighted by atomic mass is 9.62. The van der Waals surface area contributed by atoms with Crippen LogP contribution in [0.2, 0.25) is 0 Å². The van der Waals surface area contributed by atoms with Crippen molar-refractivity contribution in [2.75, 3.05) is 13.2 Å². The second-order valence-electron chi connectivity index (χ2n) is 3.94. The molecule has 0 unspecified atom stereocenters. The molecule has 2 bridgehead atoms. The van der Waals surface area contributed by atoms with Gasteiger partial charge < -0.3 is 4.74 Å². The molecule has 6 heteroatoms. The van der Waals surface area contributed by atoms with Gasteiger partial charge in [0.05, 0.1) is 6.61 Å². The Labute approximate surface area is 78.5 Å². The molecule has 2 saturated heterocycles. The normalized spacial score (nSPS) is 43.4. The zero-order chi connectivity index (χ0) is 9.74. The molecule has 2 heterocycles. The smallest absolute Gasteiger partial charge is 0.365 e. The van der Waals surface area contributed by atoms with Crippen molar-refractivity contribution in [2.45, 2.75) is 24.6 Å². The van der Waals surface area contributed by atoms with Gasteiger partial charge in [-0.1, -0.05) is 0 Å². The highest BCUT2D eigenvalue weighted by Gasteiger charge is 2.73. The van der Waals surface area contributed by atoms with E-state index in [1.165, 1.54) is 0 Å². The van der Waals surface area contributed by atoms with E-state index in [0.29, 0.717) is 6.54 Å². The minimum Gasteiger partial charge on any atom is -0.365 e. The summed E-state index contributed by atoms with van der Waals surface area (Å²) in [6.45, 7) is 0.540. The van der Waals surface area contributed by atoms with E-state index in [1.54, 1.807) is 0 Å². The van der Waals surface area contributed by atoms with Crippen molar-refractivity contribution in [1.29, 1.82) is 0 Å². The highest BCUT2D eigenvalue weighted by Crippen LogP contribution is 2.63. The molecule has 13 heavy (non-hydrogen) atoms. The Morgan fingerprint density at radius 1 is 1.38 bits per heavy atom. The highest BCUT2D eigenvalue weighted by molar-refractivity contribution is 6.13. The van der Waals surface area contributed by atoms with Crippen molar-refractivity contribution in [1.82, 2.24) is 4.84 Å². The molecular formula is C7H9ClF3NO. The van der Waals surface area contributed by atoms with Crippen LogP contribution in [-0.4, -0.2) is 24.9 Å². The number of rotatable bonds is 2. The first-order valence-electron chi connectivity index (χ1n) is 3.97. The number of alkyl halides is 3. The van der Waals surface area contributed by atoms with Crippen molar-refractivity contribution in [3.8, 4) is 0 Å². The fourth-order valence-corrected chi connectivity index (χ4v) is 2.54. The molecule has 1 saturated carbocycles. The maximum Gasteiger partial charge on any atom is 0.417 e. The number of ether oxygens (including phenoxy) is 1. The summed E-state index contributed by atoms with van der Waals surface area (Å²) in [4.78, 5) is 2.38. The number of nitrogens with one attached hydrogen (secondary N) is 1. The van der Waals surface area contributed by atoms with Crippen molar-refractivity contribution >= 4 is 11.8 Å². The average Bonchev–Trinajstić information content (AvgIpc) is 2.40. The van der Waals surface area contributed by atoms with Crippen LogP contribution in [-0.2, 0) is 4.74 Å². The first-order chi connectivity index (χ1) is 5.93. The van der Waals surface area contributed by atoms with Crippen LogP contribution in [0.5, 0.6) is 0 Å². The molecule has 3 rings (SSSR count). The maximum atomic E-state index is 12.4. The van der Waals surface area contributed by atoms with Gasteiger partial charge in [-0.3, -0.25) is 0 Å². The minimum atomic E-state index is -4.24. The monoisotopic (exact) mass is 215 g/mol. The van der Waals surface area contributed by atoms with Gasteiger partial charge in [-0.25, -0.2) is 4.84 Å². The summed E-state index contributed by atoms with van der Waals surface area (Å²) in [5.41, 5.74) is -2.24. The van der Waals surface area contributed by atoms with Gasteiger partial charge in [0, 0.05) is 12.0 Å². The lowest BCUT2D eigenvalue weighted by molar-refractivity contribution is -0.276. The summed E-state index contributed by atoms with van der Waals surface area (Å²) in [6, 6.07) is 0. The first kappa shape index (κ1) is 9.55. The Bertz CT molecular complexity index is 224. The van der Waals surface area contributed by atoms with E-state index in [2.05, 4.69) is 4.84 Å². The summed E-state index contributed by atoms with van der Waals surface area (Å²) in [5, 5.41) is 0. The molecule has 2 nitrogen and oxygen atoms in total. The summed E-state index contributed by atoms with van der Waals surface area (Å²) in [7, 11) is 0. The Balaban J connectivity index is 2.06. The predicted molar refractivity (Wildman–Crippen MR) is 40.3 cm³/mol. The molecule has 0 aromatic rings. The van der Waals surface area contributed by atoms with Crippen LogP contribution in [0.1, 0.15) is 12.8 Å². The van der Waals surface area contributed by atoms with E-state index in [1.807, 2.05) is 0 Å². The molecule has 1 aliphatic carbocycles. The van der Waals surface area contributed by atoms with E-state index in [0.717, 1.165) is 0 Å². The van der Waals surface area contributed by atoms with Gasteiger partial charge in [-0.2, -0.15) is 13.2 Å². The molecule has 3 fully saturated rings. The van der Waals surface area contributed by atoms with Gasteiger partial charge in [0.25, 0.3) is 0 Å². The summed E-state index contributed by atoms with van der Waals surface area (Å²) in [6.07, 6.45) is -4.15. The molecule has 3 aliphatic rings. The Morgan fingerprint density at radius 3 is 2.38 bits per heavy atom. The topological polar surface area (TPSA) is 21.3 Å². The zero-order valence-electron chi connectivity index (χ0n) is 6.75. The summed E-state index contributed by atoms with van der Waals surface area (Å²) < 4.78 is 42.1. The van der Waals surface area contributed by atoms with E-state index >= 15 is 0 Å². The number of hydrogen-bond acceptors (Lipinski definition) is 2.